The lowest BCUT2D eigenvalue weighted by Crippen LogP contribution is -2.06. The van der Waals surface area contributed by atoms with Gasteiger partial charge in [-0.2, -0.15) is 5.26 Å². The van der Waals surface area contributed by atoms with Crippen molar-refractivity contribution < 1.29 is 19.7 Å². The van der Waals surface area contributed by atoms with Crippen molar-refractivity contribution in [1.82, 2.24) is 0 Å². The fourth-order valence-electron chi connectivity index (χ4n) is 1.21. The van der Waals surface area contributed by atoms with Gasteiger partial charge < -0.3 is 5.11 Å². The van der Waals surface area contributed by atoms with Crippen LogP contribution in [0, 0.1) is 31.6 Å². The van der Waals surface area contributed by atoms with Crippen LogP contribution in [0.1, 0.15) is 15.9 Å². The highest BCUT2D eigenvalue weighted by atomic mass is 16.6. The molecule has 0 aromatic heterocycles. The Bertz CT molecular complexity index is 573. The molecular weight excluding hydrogens is 234 g/mol. The van der Waals surface area contributed by atoms with Gasteiger partial charge in [0.25, 0.3) is 5.69 Å². The minimum absolute atomic E-state index is 0.722. The Morgan fingerprint density at radius 1 is 1.29 bits per heavy atom. The van der Waals surface area contributed by atoms with E-state index in [0.29, 0.717) is 0 Å². The van der Waals surface area contributed by atoms with Crippen LogP contribution in [0.4, 0.5) is 11.4 Å². The van der Waals surface area contributed by atoms with Gasteiger partial charge in [-0.15, -0.1) is 0 Å². The third-order valence-electron chi connectivity index (χ3n) is 1.88. The minimum Gasteiger partial charge on any atom is -0.477 e. The molecule has 0 saturated heterocycles. The van der Waals surface area contributed by atoms with Crippen LogP contribution >= 0.6 is 0 Å². The molecule has 0 aliphatic rings. The lowest BCUT2D eigenvalue weighted by Gasteiger charge is -2.00. The van der Waals surface area contributed by atoms with E-state index in [1.165, 1.54) is 6.07 Å². The Morgan fingerprint density at radius 2 is 1.88 bits per heavy atom. The number of nitro benzene ring substituents is 2. The van der Waals surface area contributed by atoms with Crippen molar-refractivity contribution in [3.05, 3.63) is 43.5 Å². The maximum absolute atomic E-state index is 10.7. The van der Waals surface area contributed by atoms with Crippen molar-refractivity contribution in [3.63, 3.8) is 0 Å². The number of hydrogen-bond acceptors (Lipinski definition) is 6. The molecule has 0 bridgehead atoms. The summed E-state index contributed by atoms with van der Waals surface area (Å²) in [5, 5.41) is 38.5. The summed E-state index contributed by atoms with van der Waals surface area (Å²) in [7, 11) is 0. The molecule has 0 fully saturated rings. The number of carbonyl (C=O) groups is 1. The van der Waals surface area contributed by atoms with E-state index >= 15 is 0 Å². The molecule has 1 rings (SSSR count). The summed E-state index contributed by atoms with van der Waals surface area (Å²) in [4.78, 5) is 29.7. The SMILES string of the molecule is N#Cc1c([N+](=O)[O-])ccc(C(=O)O)c1[N+](=O)[O-]. The predicted molar refractivity (Wildman–Crippen MR) is 51.4 cm³/mol. The number of nitriles is 1. The van der Waals surface area contributed by atoms with Gasteiger partial charge in [0.15, 0.2) is 0 Å². The third kappa shape index (κ3) is 2.00. The molecule has 9 heteroatoms. The van der Waals surface area contributed by atoms with E-state index in [-0.39, 0.29) is 0 Å². The average Bonchev–Trinajstić information content (AvgIpc) is 2.26. The number of hydrogen-bond donors (Lipinski definition) is 1. The Hall–Kier alpha value is -3.02. The van der Waals surface area contributed by atoms with Crippen LogP contribution < -0.4 is 0 Å². The molecule has 0 spiro atoms. The van der Waals surface area contributed by atoms with Gasteiger partial charge in [-0.05, 0) is 6.07 Å². The Kier molecular flexibility index (Phi) is 3.00. The van der Waals surface area contributed by atoms with Gasteiger partial charge in [0.05, 0.1) is 9.85 Å². The highest BCUT2D eigenvalue weighted by Gasteiger charge is 2.31. The standard InChI is InChI=1S/C8H3N3O6/c9-3-5-6(10(14)15)2-1-4(8(12)13)7(5)11(16)17/h1-2H,(H,12,13). The van der Waals surface area contributed by atoms with E-state index in [9.17, 15) is 25.0 Å². The molecule has 86 valence electrons. The smallest absolute Gasteiger partial charge is 0.342 e. The normalized spacial score (nSPS) is 9.35. The van der Waals surface area contributed by atoms with Crippen molar-refractivity contribution in [1.29, 1.82) is 5.26 Å². The third-order valence-corrected chi connectivity index (χ3v) is 1.88. The summed E-state index contributed by atoms with van der Waals surface area (Å²) in [6, 6.07) is 2.74. The molecule has 0 amide bonds. The first-order valence-corrected chi connectivity index (χ1v) is 3.99. The van der Waals surface area contributed by atoms with E-state index in [4.69, 9.17) is 10.4 Å². The zero-order valence-electron chi connectivity index (χ0n) is 7.98. The first-order chi connectivity index (χ1) is 7.90. The maximum atomic E-state index is 10.7. The summed E-state index contributed by atoms with van der Waals surface area (Å²) in [6.45, 7) is 0. The number of carboxylic acids is 1. The van der Waals surface area contributed by atoms with E-state index in [1.54, 1.807) is 0 Å². The average molecular weight is 237 g/mol. The van der Waals surface area contributed by atoms with Crippen molar-refractivity contribution in [2.45, 2.75) is 0 Å². The Labute approximate surface area is 92.8 Å². The van der Waals surface area contributed by atoms with Gasteiger partial charge in [0.1, 0.15) is 11.6 Å². The maximum Gasteiger partial charge on any atom is 0.342 e. The van der Waals surface area contributed by atoms with Gasteiger partial charge in [0, 0.05) is 6.07 Å². The van der Waals surface area contributed by atoms with Crippen LogP contribution in [0.2, 0.25) is 0 Å². The Morgan fingerprint density at radius 3 is 2.24 bits per heavy atom. The molecule has 0 aliphatic carbocycles. The van der Waals surface area contributed by atoms with Crippen molar-refractivity contribution in [2.75, 3.05) is 0 Å². The summed E-state index contributed by atoms with van der Waals surface area (Å²) in [6.07, 6.45) is 0. The van der Waals surface area contributed by atoms with Gasteiger partial charge in [-0.25, -0.2) is 4.79 Å². The Balaban J connectivity index is 3.75. The van der Waals surface area contributed by atoms with Crippen molar-refractivity contribution >= 4 is 17.3 Å². The summed E-state index contributed by atoms with van der Waals surface area (Å²) < 4.78 is 0. The fourth-order valence-corrected chi connectivity index (χ4v) is 1.21. The zero-order valence-corrected chi connectivity index (χ0v) is 7.98. The molecule has 0 radical (unpaired) electrons. The molecule has 1 N–H and O–H groups in total. The summed E-state index contributed by atoms with van der Waals surface area (Å²) in [5.41, 5.74) is -3.52. The molecular formula is C8H3N3O6. The highest BCUT2D eigenvalue weighted by molar-refractivity contribution is 5.94. The van der Waals surface area contributed by atoms with Crippen molar-refractivity contribution in [2.24, 2.45) is 0 Å². The highest BCUT2D eigenvalue weighted by Crippen LogP contribution is 2.31. The summed E-state index contributed by atoms with van der Waals surface area (Å²) >= 11 is 0. The van der Waals surface area contributed by atoms with Crippen molar-refractivity contribution in [3.8, 4) is 6.07 Å². The number of aromatic carboxylic acids is 1. The largest absolute Gasteiger partial charge is 0.477 e. The van der Waals surface area contributed by atoms with Gasteiger partial charge in [-0.3, -0.25) is 20.2 Å². The number of rotatable bonds is 3. The quantitative estimate of drug-likeness (QED) is 0.610. The summed E-state index contributed by atoms with van der Waals surface area (Å²) in [5.74, 6) is -1.64. The first-order valence-electron chi connectivity index (χ1n) is 3.99. The number of nitrogens with zero attached hydrogens (tertiary/aromatic N) is 3. The predicted octanol–water partition coefficient (Wildman–Crippen LogP) is 1.07. The van der Waals surface area contributed by atoms with E-state index < -0.39 is 38.3 Å². The van der Waals surface area contributed by atoms with Crippen LogP contribution in [0.25, 0.3) is 0 Å². The monoisotopic (exact) mass is 237 g/mol. The second kappa shape index (κ2) is 4.23. The zero-order chi connectivity index (χ0) is 13.2. The van der Waals surface area contributed by atoms with Crippen LogP contribution in [0.3, 0.4) is 0 Å². The van der Waals surface area contributed by atoms with Crippen LogP contribution in [0.5, 0.6) is 0 Å². The minimum atomic E-state index is -1.64. The van der Waals surface area contributed by atoms with Gasteiger partial charge in [0.2, 0.25) is 5.56 Å². The molecule has 0 aliphatic heterocycles. The molecule has 1 aromatic rings. The molecule has 0 atom stereocenters. The molecule has 0 heterocycles. The van der Waals surface area contributed by atoms with Gasteiger partial charge >= 0.3 is 11.7 Å². The van der Waals surface area contributed by atoms with Crippen LogP contribution in [-0.2, 0) is 0 Å². The fraction of sp³-hybridized carbons (Fsp3) is 0. The van der Waals surface area contributed by atoms with E-state index in [1.807, 2.05) is 0 Å². The van der Waals surface area contributed by atoms with Crippen LogP contribution in [0.15, 0.2) is 12.1 Å². The molecule has 0 unspecified atom stereocenters. The van der Waals surface area contributed by atoms with Crippen LogP contribution in [-0.4, -0.2) is 20.9 Å². The van der Waals surface area contributed by atoms with E-state index in [0.717, 1.165) is 12.1 Å². The molecule has 9 nitrogen and oxygen atoms in total. The second-order valence-corrected chi connectivity index (χ2v) is 2.79. The topological polar surface area (TPSA) is 147 Å². The van der Waals surface area contributed by atoms with Gasteiger partial charge in [-0.1, -0.05) is 0 Å². The number of carboxylic acid groups (broad SMARTS) is 1. The molecule has 0 saturated carbocycles. The lowest BCUT2D eigenvalue weighted by molar-refractivity contribution is -0.394. The molecule has 17 heavy (non-hydrogen) atoms. The molecule has 1 aromatic carbocycles. The lowest BCUT2D eigenvalue weighted by atomic mass is 10.1. The number of nitro groups is 2. The second-order valence-electron chi connectivity index (χ2n) is 2.79. The first kappa shape index (κ1) is 12.1. The van der Waals surface area contributed by atoms with E-state index in [2.05, 4.69) is 0 Å². The number of benzene rings is 1.